The van der Waals surface area contributed by atoms with Crippen LogP contribution in [0.5, 0.6) is 17.2 Å². The second kappa shape index (κ2) is 7.26. The second-order valence-electron chi connectivity index (χ2n) is 6.16. The molecule has 1 amide bonds. The summed E-state index contributed by atoms with van der Waals surface area (Å²) >= 11 is 0. The molecule has 0 atom stereocenters. The summed E-state index contributed by atoms with van der Waals surface area (Å²) in [5, 5.41) is 25.6. The van der Waals surface area contributed by atoms with E-state index in [4.69, 9.17) is 14.1 Å². The van der Waals surface area contributed by atoms with Gasteiger partial charge in [0.2, 0.25) is 0 Å². The number of carbonyl (C=O) groups excluding carboxylic acids is 1. The minimum absolute atomic E-state index is 0.00757. The molecule has 1 N–H and O–H groups in total. The van der Waals surface area contributed by atoms with E-state index in [-0.39, 0.29) is 47.0 Å². The average molecular weight is 360 g/mol. The number of hydrogen-bond acceptors (Lipinski definition) is 7. The van der Waals surface area contributed by atoms with Crippen LogP contribution in [0.2, 0.25) is 0 Å². The Bertz CT molecular complexity index is 807. The van der Waals surface area contributed by atoms with Crippen LogP contribution in [0.1, 0.15) is 35.8 Å². The Balaban J connectivity index is 1.90. The zero-order valence-electron chi connectivity index (χ0n) is 14.7. The molecule has 0 unspecified atom stereocenters. The van der Waals surface area contributed by atoms with Gasteiger partial charge in [0, 0.05) is 17.8 Å². The predicted molar refractivity (Wildman–Crippen MR) is 92.9 cm³/mol. The summed E-state index contributed by atoms with van der Waals surface area (Å²) in [6, 6.07) is 3.31. The molecule has 1 aliphatic heterocycles. The van der Waals surface area contributed by atoms with Crippen molar-refractivity contribution in [1.29, 1.82) is 0 Å². The van der Waals surface area contributed by atoms with E-state index in [0.717, 1.165) is 12.6 Å². The van der Waals surface area contributed by atoms with Gasteiger partial charge in [-0.25, -0.2) is 0 Å². The fraction of sp³-hybridized carbons (Fsp3) is 0.375. The lowest BCUT2D eigenvalue weighted by Crippen LogP contribution is -2.35. The van der Waals surface area contributed by atoms with Crippen molar-refractivity contribution in [2.45, 2.75) is 26.5 Å². The largest absolute Gasteiger partial charge is 0.756 e. The number of hydrogen-bond donors (Lipinski definition) is 1. The van der Waals surface area contributed by atoms with E-state index in [0.29, 0.717) is 0 Å². The van der Waals surface area contributed by atoms with Crippen LogP contribution >= 0.6 is 0 Å². The van der Waals surface area contributed by atoms with Gasteiger partial charge in [0.1, 0.15) is 24.4 Å². The lowest BCUT2D eigenvalue weighted by molar-refractivity contribution is 0.0841. The molecule has 1 aromatic heterocycles. The lowest BCUT2D eigenvalue weighted by atomic mass is 9.91. The van der Waals surface area contributed by atoms with Gasteiger partial charge in [-0.15, -0.1) is 0 Å². The first-order valence-corrected chi connectivity index (χ1v) is 8.12. The van der Waals surface area contributed by atoms with Crippen molar-refractivity contribution in [3.8, 4) is 17.2 Å². The van der Waals surface area contributed by atoms with Crippen LogP contribution in [0.25, 0.3) is 0 Å². The summed E-state index contributed by atoms with van der Waals surface area (Å²) in [6.07, 6.45) is 3.51. The lowest BCUT2D eigenvalue weighted by Gasteiger charge is -2.28. The van der Waals surface area contributed by atoms with E-state index in [2.05, 4.69) is 5.10 Å². The standard InChI is InChI=1S/C16H19BN3O6/c1-10(2)20-7-11(6-18-20)8-24-12-4-5-13-15(26-17(22)9-25-13)14(12)16(21)19(3)23/h4-7,10,22H,8-9H2,1-3H3/q-1. The predicted octanol–water partition coefficient (Wildman–Crippen LogP) is 1.40. The van der Waals surface area contributed by atoms with E-state index in [9.17, 15) is 15.0 Å². The minimum Gasteiger partial charge on any atom is -0.756 e. The first-order valence-electron chi connectivity index (χ1n) is 8.12. The van der Waals surface area contributed by atoms with Crippen molar-refractivity contribution in [2.75, 3.05) is 13.6 Å². The average Bonchev–Trinajstić information content (AvgIpc) is 3.08. The molecule has 138 valence electrons. The van der Waals surface area contributed by atoms with Crippen molar-refractivity contribution >= 4 is 13.0 Å². The highest BCUT2D eigenvalue weighted by Gasteiger charge is 2.31. The van der Waals surface area contributed by atoms with Crippen molar-refractivity contribution in [3.05, 3.63) is 40.9 Å². The molecule has 2 heterocycles. The van der Waals surface area contributed by atoms with E-state index in [1.54, 1.807) is 16.9 Å². The number of nitrogens with zero attached hydrogens (tertiary/aromatic N) is 3. The Morgan fingerprint density at radius 2 is 2.31 bits per heavy atom. The number of aromatic nitrogens is 2. The van der Waals surface area contributed by atoms with Crippen molar-refractivity contribution in [2.24, 2.45) is 0 Å². The second-order valence-corrected chi connectivity index (χ2v) is 6.16. The zero-order valence-corrected chi connectivity index (χ0v) is 14.7. The molecule has 1 aliphatic rings. The van der Waals surface area contributed by atoms with Gasteiger partial charge < -0.3 is 29.4 Å². The summed E-state index contributed by atoms with van der Waals surface area (Å²) in [6.45, 7) is 4.09. The van der Waals surface area contributed by atoms with Gasteiger partial charge in [0.25, 0.3) is 5.91 Å². The Hall–Kier alpha value is -2.72. The van der Waals surface area contributed by atoms with Crippen LogP contribution in [-0.4, -0.2) is 46.4 Å². The summed E-state index contributed by atoms with van der Waals surface area (Å²) in [5.41, 5.74) is 0.720. The number of amides is 1. The highest BCUT2D eigenvalue weighted by atomic mass is 16.6. The highest BCUT2D eigenvalue weighted by molar-refractivity contribution is 6.44. The molecule has 10 heteroatoms. The molecule has 0 saturated heterocycles. The molecule has 0 bridgehead atoms. The molecule has 9 nitrogen and oxygen atoms in total. The Morgan fingerprint density at radius 3 is 2.96 bits per heavy atom. The van der Waals surface area contributed by atoms with Crippen LogP contribution < -0.4 is 14.1 Å². The van der Waals surface area contributed by atoms with Gasteiger partial charge in [0.15, 0.2) is 11.5 Å². The summed E-state index contributed by atoms with van der Waals surface area (Å²) in [7, 11) is -0.149. The fourth-order valence-corrected chi connectivity index (χ4v) is 2.48. The highest BCUT2D eigenvalue weighted by Crippen LogP contribution is 2.40. The maximum atomic E-state index is 12.3. The maximum absolute atomic E-state index is 12.3. The monoisotopic (exact) mass is 360 g/mol. The van der Waals surface area contributed by atoms with Gasteiger partial charge in [-0.3, -0.25) is 9.48 Å². The Kier molecular flexibility index (Phi) is 5.05. The van der Waals surface area contributed by atoms with Gasteiger partial charge in [0.05, 0.1) is 6.20 Å². The summed E-state index contributed by atoms with van der Waals surface area (Å²) < 4.78 is 18.2. The fourth-order valence-electron chi connectivity index (χ4n) is 2.48. The number of rotatable bonds is 5. The van der Waals surface area contributed by atoms with Crippen molar-refractivity contribution in [3.63, 3.8) is 0 Å². The van der Waals surface area contributed by atoms with Crippen LogP contribution in [0, 0.1) is 5.21 Å². The van der Waals surface area contributed by atoms with Gasteiger partial charge in [-0.1, -0.05) is 0 Å². The van der Waals surface area contributed by atoms with Gasteiger partial charge in [-0.05, 0) is 33.0 Å². The Labute approximate surface area is 150 Å². The number of fused-ring (bicyclic) bond motifs is 1. The third-order valence-corrected chi connectivity index (χ3v) is 3.80. The van der Waals surface area contributed by atoms with Crippen LogP contribution in [0.3, 0.4) is 0 Å². The van der Waals surface area contributed by atoms with E-state index in [1.807, 2.05) is 20.0 Å². The number of benzene rings is 1. The molecular formula is C16H19BN3O6-. The molecule has 0 saturated carbocycles. The summed E-state index contributed by atoms with van der Waals surface area (Å²) in [5.74, 6) is -0.439. The van der Waals surface area contributed by atoms with Gasteiger partial charge in [-0.2, -0.15) is 5.10 Å². The molecule has 2 aromatic rings. The normalized spacial score (nSPS) is 13.1. The van der Waals surface area contributed by atoms with Crippen molar-refractivity contribution in [1.82, 2.24) is 14.8 Å². The SMILES string of the molecule is CC(C)n1cc(COc2ccc3c(c2C(=O)N(C)[O-])OB(O)CO3)cn1. The van der Waals surface area contributed by atoms with Gasteiger partial charge >= 0.3 is 7.12 Å². The third-order valence-electron chi connectivity index (χ3n) is 3.80. The number of carbonyl (C=O) groups is 1. The molecule has 0 spiro atoms. The van der Waals surface area contributed by atoms with Crippen LogP contribution in [0.4, 0.5) is 0 Å². The number of hydroxylamine groups is 2. The first-order chi connectivity index (χ1) is 12.4. The van der Waals surface area contributed by atoms with E-state index >= 15 is 0 Å². The molecule has 0 aliphatic carbocycles. The smallest absolute Gasteiger partial charge is 0.563 e. The molecular weight excluding hydrogens is 341 g/mol. The topological polar surface area (TPSA) is 109 Å². The minimum atomic E-state index is -1.23. The maximum Gasteiger partial charge on any atom is 0.563 e. The van der Waals surface area contributed by atoms with Crippen LogP contribution in [0.15, 0.2) is 24.5 Å². The first kappa shape index (κ1) is 18.1. The third kappa shape index (κ3) is 3.61. The van der Waals surface area contributed by atoms with E-state index < -0.39 is 13.0 Å². The Morgan fingerprint density at radius 1 is 1.54 bits per heavy atom. The molecule has 0 radical (unpaired) electrons. The zero-order chi connectivity index (χ0) is 18.8. The summed E-state index contributed by atoms with van der Waals surface area (Å²) in [4.78, 5) is 12.3. The molecule has 0 fully saturated rings. The number of ether oxygens (including phenoxy) is 2. The molecule has 3 rings (SSSR count). The molecule has 26 heavy (non-hydrogen) atoms. The quantitative estimate of drug-likeness (QED) is 0.634. The van der Waals surface area contributed by atoms with E-state index in [1.165, 1.54) is 6.07 Å². The molecule has 1 aromatic carbocycles. The van der Waals surface area contributed by atoms with Crippen LogP contribution in [-0.2, 0) is 6.61 Å². The van der Waals surface area contributed by atoms with Crippen molar-refractivity contribution < 1.29 is 23.9 Å².